The van der Waals surface area contributed by atoms with Gasteiger partial charge in [0.05, 0.1) is 16.5 Å². The Hall–Kier alpha value is -2.85. The van der Waals surface area contributed by atoms with Crippen molar-refractivity contribution >= 4 is 16.1 Å². The highest BCUT2D eigenvalue weighted by atomic mass is 32.2. The molecule has 2 amide bonds. The van der Waals surface area contributed by atoms with Crippen LogP contribution in [0.1, 0.15) is 29.2 Å². The van der Waals surface area contributed by atoms with Gasteiger partial charge in [0.15, 0.2) is 0 Å². The standard InChI is InChI=1S/C19H21N3O3S/c1-3-16-7-6-15(13-20)12-17(16)10-11-21-19(23)22-26(24,25)18-8-4-14(2)5-9-18/h4-9,12H,3,10-11H2,1-2H3,(H2,21,22,23). The molecule has 0 aromatic heterocycles. The summed E-state index contributed by atoms with van der Waals surface area (Å²) in [6, 6.07) is 13.0. The van der Waals surface area contributed by atoms with Crippen LogP contribution < -0.4 is 10.0 Å². The second-order valence-corrected chi connectivity index (χ2v) is 7.56. The van der Waals surface area contributed by atoms with Gasteiger partial charge in [0, 0.05) is 6.54 Å². The molecule has 0 saturated heterocycles. The van der Waals surface area contributed by atoms with Crippen molar-refractivity contribution in [3.63, 3.8) is 0 Å². The zero-order valence-corrected chi connectivity index (χ0v) is 15.6. The molecule has 0 saturated carbocycles. The van der Waals surface area contributed by atoms with Gasteiger partial charge in [-0.3, -0.25) is 0 Å². The van der Waals surface area contributed by atoms with Gasteiger partial charge in [0.1, 0.15) is 0 Å². The van der Waals surface area contributed by atoms with Crippen LogP contribution in [0, 0.1) is 18.3 Å². The molecule has 26 heavy (non-hydrogen) atoms. The van der Waals surface area contributed by atoms with Gasteiger partial charge in [-0.25, -0.2) is 17.9 Å². The summed E-state index contributed by atoms with van der Waals surface area (Å²) in [5.41, 5.74) is 3.55. The Balaban J connectivity index is 1.95. The number of carbonyl (C=O) groups is 1. The summed E-state index contributed by atoms with van der Waals surface area (Å²) in [6.45, 7) is 4.12. The Bertz CT molecular complexity index is 929. The topological polar surface area (TPSA) is 99.1 Å². The molecule has 0 aliphatic heterocycles. The first-order valence-corrected chi connectivity index (χ1v) is 9.73. The molecule has 2 N–H and O–H groups in total. The number of benzene rings is 2. The molecule has 0 atom stereocenters. The highest BCUT2D eigenvalue weighted by Crippen LogP contribution is 2.13. The van der Waals surface area contributed by atoms with E-state index in [1.807, 2.05) is 24.6 Å². The number of sulfonamides is 1. The monoisotopic (exact) mass is 371 g/mol. The minimum atomic E-state index is -3.90. The summed E-state index contributed by atoms with van der Waals surface area (Å²) in [6.07, 6.45) is 1.33. The summed E-state index contributed by atoms with van der Waals surface area (Å²) in [7, 11) is -3.90. The van der Waals surface area contributed by atoms with E-state index in [1.165, 1.54) is 12.1 Å². The molecule has 0 radical (unpaired) electrons. The van der Waals surface area contributed by atoms with Crippen LogP contribution in [0.25, 0.3) is 0 Å². The number of amides is 2. The molecular weight excluding hydrogens is 350 g/mol. The van der Waals surface area contributed by atoms with Crippen LogP contribution >= 0.6 is 0 Å². The van der Waals surface area contributed by atoms with Crippen molar-refractivity contribution in [2.45, 2.75) is 31.6 Å². The lowest BCUT2D eigenvalue weighted by molar-refractivity contribution is 0.246. The average molecular weight is 371 g/mol. The Morgan fingerprint density at radius 1 is 1.12 bits per heavy atom. The second kappa shape index (κ2) is 8.50. The third-order valence-corrected chi connectivity index (χ3v) is 5.30. The maximum absolute atomic E-state index is 12.2. The maximum atomic E-state index is 12.2. The molecule has 0 aliphatic carbocycles. The first kappa shape index (κ1) is 19.5. The summed E-state index contributed by atoms with van der Waals surface area (Å²) < 4.78 is 26.3. The molecule has 0 heterocycles. The predicted molar refractivity (Wildman–Crippen MR) is 99.1 cm³/mol. The van der Waals surface area contributed by atoms with Gasteiger partial charge >= 0.3 is 6.03 Å². The van der Waals surface area contributed by atoms with Crippen molar-refractivity contribution in [1.29, 1.82) is 5.26 Å². The Kier molecular flexibility index (Phi) is 6.36. The molecule has 0 spiro atoms. The molecule has 136 valence electrons. The van der Waals surface area contributed by atoms with Crippen LogP contribution in [0.3, 0.4) is 0 Å². The zero-order chi connectivity index (χ0) is 19.2. The lowest BCUT2D eigenvalue weighted by atomic mass is 10.00. The van der Waals surface area contributed by atoms with E-state index in [0.717, 1.165) is 23.1 Å². The smallest absolute Gasteiger partial charge is 0.328 e. The van der Waals surface area contributed by atoms with Gasteiger partial charge in [0.25, 0.3) is 10.0 Å². The minimum absolute atomic E-state index is 0.0354. The number of nitriles is 1. The molecule has 0 fully saturated rings. The molecule has 0 bridgehead atoms. The maximum Gasteiger partial charge on any atom is 0.328 e. The second-order valence-electron chi connectivity index (χ2n) is 5.87. The summed E-state index contributed by atoms with van der Waals surface area (Å²) in [4.78, 5) is 11.9. The fraction of sp³-hybridized carbons (Fsp3) is 0.263. The van der Waals surface area contributed by atoms with Crippen LogP contribution in [0.2, 0.25) is 0 Å². The van der Waals surface area contributed by atoms with E-state index in [4.69, 9.17) is 5.26 Å². The van der Waals surface area contributed by atoms with E-state index in [1.54, 1.807) is 24.3 Å². The first-order chi connectivity index (χ1) is 12.4. The van der Waals surface area contributed by atoms with Gasteiger partial charge in [-0.2, -0.15) is 5.26 Å². The fourth-order valence-corrected chi connectivity index (χ4v) is 3.45. The number of nitrogens with zero attached hydrogens (tertiary/aromatic N) is 1. The summed E-state index contributed by atoms with van der Waals surface area (Å²) in [5.74, 6) is 0. The molecular formula is C19H21N3O3S. The van der Waals surface area contributed by atoms with Gasteiger partial charge in [-0.15, -0.1) is 0 Å². The number of aryl methyl sites for hydroxylation is 2. The van der Waals surface area contributed by atoms with E-state index in [9.17, 15) is 13.2 Å². The van der Waals surface area contributed by atoms with E-state index in [0.29, 0.717) is 12.0 Å². The highest BCUT2D eigenvalue weighted by Gasteiger charge is 2.17. The van der Waals surface area contributed by atoms with Crippen molar-refractivity contribution in [1.82, 2.24) is 10.0 Å². The van der Waals surface area contributed by atoms with E-state index in [2.05, 4.69) is 11.4 Å². The lowest BCUT2D eigenvalue weighted by Gasteiger charge is -2.11. The van der Waals surface area contributed by atoms with Crippen molar-refractivity contribution in [2.24, 2.45) is 0 Å². The number of hydrogen-bond donors (Lipinski definition) is 2. The van der Waals surface area contributed by atoms with Gasteiger partial charge < -0.3 is 5.32 Å². The Labute approximate surface area is 153 Å². The SMILES string of the molecule is CCc1ccc(C#N)cc1CCNC(=O)NS(=O)(=O)c1ccc(C)cc1. The number of carbonyl (C=O) groups excluding carboxylic acids is 1. The van der Waals surface area contributed by atoms with Gasteiger partial charge in [-0.1, -0.05) is 30.7 Å². The van der Waals surface area contributed by atoms with Crippen LogP contribution in [0.15, 0.2) is 47.4 Å². The largest absolute Gasteiger partial charge is 0.337 e. The first-order valence-electron chi connectivity index (χ1n) is 8.25. The van der Waals surface area contributed by atoms with E-state index >= 15 is 0 Å². The number of hydrogen-bond acceptors (Lipinski definition) is 4. The number of nitrogens with one attached hydrogen (secondary N) is 2. The molecule has 2 rings (SSSR count). The molecule has 0 aliphatic rings. The van der Waals surface area contributed by atoms with Crippen molar-refractivity contribution < 1.29 is 13.2 Å². The molecule has 6 nitrogen and oxygen atoms in total. The summed E-state index contributed by atoms with van der Waals surface area (Å²) in [5, 5.41) is 11.5. The van der Waals surface area contributed by atoms with Crippen LogP contribution in [0.4, 0.5) is 4.79 Å². The third kappa shape index (κ3) is 5.07. The molecule has 2 aromatic rings. The van der Waals surface area contributed by atoms with Crippen molar-refractivity contribution in [3.8, 4) is 6.07 Å². The zero-order valence-electron chi connectivity index (χ0n) is 14.7. The van der Waals surface area contributed by atoms with Crippen LogP contribution in [-0.2, 0) is 22.9 Å². The van der Waals surface area contributed by atoms with Crippen molar-refractivity contribution in [2.75, 3.05) is 6.54 Å². The highest BCUT2D eigenvalue weighted by molar-refractivity contribution is 7.90. The third-order valence-electron chi connectivity index (χ3n) is 3.95. The minimum Gasteiger partial charge on any atom is -0.337 e. The quantitative estimate of drug-likeness (QED) is 0.815. The normalized spacial score (nSPS) is 10.8. The van der Waals surface area contributed by atoms with Gasteiger partial charge in [-0.05, 0) is 55.2 Å². The summed E-state index contributed by atoms with van der Waals surface area (Å²) >= 11 is 0. The lowest BCUT2D eigenvalue weighted by Crippen LogP contribution is -2.40. The Morgan fingerprint density at radius 3 is 2.42 bits per heavy atom. The number of urea groups is 1. The van der Waals surface area contributed by atoms with Crippen LogP contribution in [-0.4, -0.2) is 21.0 Å². The molecule has 7 heteroatoms. The average Bonchev–Trinajstić information content (AvgIpc) is 2.61. The van der Waals surface area contributed by atoms with E-state index < -0.39 is 16.1 Å². The van der Waals surface area contributed by atoms with Gasteiger partial charge in [0.2, 0.25) is 0 Å². The molecule has 2 aromatic carbocycles. The number of rotatable bonds is 6. The van der Waals surface area contributed by atoms with E-state index in [-0.39, 0.29) is 11.4 Å². The fourth-order valence-electron chi connectivity index (χ4n) is 2.52. The predicted octanol–water partition coefficient (Wildman–Crippen LogP) is 2.66. The Morgan fingerprint density at radius 2 is 1.81 bits per heavy atom. The van der Waals surface area contributed by atoms with Crippen molar-refractivity contribution in [3.05, 3.63) is 64.7 Å². The van der Waals surface area contributed by atoms with Crippen LogP contribution in [0.5, 0.6) is 0 Å². The molecule has 0 unspecified atom stereocenters.